The van der Waals surface area contributed by atoms with Gasteiger partial charge in [-0.2, -0.15) is 13.2 Å². The molecule has 3 aromatic rings. The highest BCUT2D eigenvalue weighted by Gasteiger charge is 2.43. The van der Waals surface area contributed by atoms with Gasteiger partial charge in [0.2, 0.25) is 0 Å². The maximum absolute atomic E-state index is 15.8. The Morgan fingerprint density at radius 2 is 1.81 bits per heavy atom. The van der Waals surface area contributed by atoms with Gasteiger partial charge in [0.25, 0.3) is 0 Å². The van der Waals surface area contributed by atoms with Gasteiger partial charge in [0.05, 0.1) is 58.3 Å². The molecule has 262 valence electrons. The van der Waals surface area contributed by atoms with Crippen molar-refractivity contribution in [1.29, 1.82) is 0 Å². The topological polar surface area (TPSA) is 62.8 Å². The molecule has 0 bridgehead atoms. The lowest BCUT2D eigenvalue weighted by atomic mass is 9.83. The van der Waals surface area contributed by atoms with Crippen molar-refractivity contribution in [3.63, 3.8) is 0 Å². The van der Waals surface area contributed by atoms with Crippen LogP contribution in [0, 0.1) is 11.8 Å². The van der Waals surface area contributed by atoms with Gasteiger partial charge in [0.15, 0.2) is 0 Å². The minimum atomic E-state index is -4.43. The Morgan fingerprint density at radius 3 is 2.44 bits per heavy atom. The summed E-state index contributed by atoms with van der Waals surface area (Å²) in [6, 6.07) is 10.2. The second-order valence-corrected chi connectivity index (χ2v) is 18.7. The van der Waals surface area contributed by atoms with E-state index in [9.17, 15) is 17.7 Å². The molecule has 2 aromatic carbocycles. The lowest BCUT2D eigenvalue weighted by Crippen LogP contribution is -2.57. The molecular weight excluding hydrogens is 661 g/mol. The number of anilines is 2. The van der Waals surface area contributed by atoms with E-state index < -0.39 is 32.0 Å². The van der Waals surface area contributed by atoms with Crippen LogP contribution in [-0.4, -0.2) is 80.6 Å². The number of benzene rings is 2. The van der Waals surface area contributed by atoms with Crippen LogP contribution < -0.4 is 20.7 Å². The van der Waals surface area contributed by atoms with Gasteiger partial charge in [0, 0.05) is 24.4 Å². The molecule has 0 saturated carbocycles. The fraction of sp³-hybridized carbons (Fsp3) is 0.556. The number of hydrogen-bond acceptors (Lipinski definition) is 7. The highest BCUT2D eigenvalue weighted by Crippen LogP contribution is 2.41. The molecule has 2 N–H and O–H groups in total. The molecule has 48 heavy (non-hydrogen) atoms. The zero-order valence-corrected chi connectivity index (χ0v) is 30.4. The zero-order valence-electron chi connectivity index (χ0n) is 28.7. The third-order valence-electron chi connectivity index (χ3n) is 9.01. The first-order chi connectivity index (χ1) is 22.3. The van der Waals surface area contributed by atoms with E-state index >= 15 is 4.39 Å². The fourth-order valence-corrected chi connectivity index (χ4v) is 9.14. The third kappa shape index (κ3) is 8.87. The largest absolute Gasteiger partial charge is 0.495 e. The number of alkyl halides is 4. The number of thiophene rings is 1. The van der Waals surface area contributed by atoms with E-state index in [-0.39, 0.29) is 29.4 Å². The molecule has 3 heterocycles. The quantitative estimate of drug-likeness (QED) is 0.140. The fourth-order valence-electron chi connectivity index (χ4n) is 7.10. The van der Waals surface area contributed by atoms with Crippen LogP contribution in [0.3, 0.4) is 0 Å². The lowest BCUT2D eigenvalue weighted by Gasteiger charge is -2.50. The van der Waals surface area contributed by atoms with Crippen molar-refractivity contribution >= 4 is 45.2 Å². The Balaban J connectivity index is 1.34. The number of rotatable bonds is 8. The monoisotopic (exact) mass is 707 g/mol. The molecule has 2 fully saturated rings. The summed E-state index contributed by atoms with van der Waals surface area (Å²) in [5.74, 6) is 6.44. The van der Waals surface area contributed by atoms with Crippen LogP contribution in [0.1, 0.15) is 57.4 Å². The number of halogens is 4. The average Bonchev–Trinajstić information content (AvgIpc) is 3.30. The SMILES string of the molecule is COc1cc(P(C)(C)=O)ccc1NCC#Cc1sc2c(NC3CCN(C4CC(C)(C)OC(C)(C)C4)CC3F)cccc2c1CC(F)(F)F. The molecule has 1 aromatic heterocycles. The molecular formula is C36H46F4N3O3PS. The molecule has 2 saturated heterocycles. The summed E-state index contributed by atoms with van der Waals surface area (Å²) >= 11 is 1.20. The highest BCUT2D eigenvalue weighted by atomic mass is 32.1. The van der Waals surface area contributed by atoms with Crippen LogP contribution in [0.15, 0.2) is 36.4 Å². The Labute approximate surface area is 285 Å². The molecule has 2 atom stereocenters. The smallest absolute Gasteiger partial charge is 0.393 e. The van der Waals surface area contributed by atoms with Gasteiger partial charge in [-0.25, -0.2) is 4.39 Å². The van der Waals surface area contributed by atoms with Crippen LogP contribution in [0.5, 0.6) is 5.75 Å². The van der Waals surface area contributed by atoms with Gasteiger partial charge in [-0.05, 0) is 95.5 Å². The van der Waals surface area contributed by atoms with Crippen molar-refractivity contribution in [3.05, 3.63) is 46.8 Å². The van der Waals surface area contributed by atoms with Crippen molar-refractivity contribution in [1.82, 2.24) is 4.90 Å². The van der Waals surface area contributed by atoms with Gasteiger partial charge in [-0.15, -0.1) is 11.3 Å². The minimum Gasteiger partial charge on any atom is -0.495 e. The van der Waals surface area contributed by atoms with Crippen molar-refractivity contribution in [3.8, 4) is 17.6 Å². The van der Waals surface area contributed by atoms with Crippen molar-refractivity contribution in [2.45, 2.75) is 89.0 Å². The van der Waals surface area contributed by atoms with E-state index in [1.54, 1.807) is 49.7 Å². The van der Waals surface area contributed by atoms with Crippen LogP contribution in [0.25, 0.3) is 10.1 Å². The molecule has 2 aliphatic rings. The van der Waals surface area contributed by atoms with Crippen LogP contribution in [0.4, 0.5) is 28.9 Å². The summed E-state index contributed by atoms with van der Waals surface area (Å²) in [4.78, 5) is 2.56. The van der Waals surface area contributed by atoms with E-state index in [4.69, 9.17) is 9.47 Å². The highest BCUT2D eigenvalue weighted by molar-refractivity contribution is 7.70. The number of ether oxygens (including phenoxy) is 2. The number of nitrogens with one attached hydrogen (secondary N) is 2. The minimum absolute atomic E-state index is 0.124. The summed E-state index contributed by atoms with van der Waals surface area (Å²) in [7, 11) is -0.969. The van der Waals surface area contributed by atoms with E-state index in [1.165, 1.54) is 18.4 Å². The first-order valence-corrected chi connectivity index (χ1v) is 19.7. The lowest BCUT2D eigenvalue weighted by molar-refractivity contribution is -0.179. The number of nitrogens with zero attached hydrogens (tertiary/aromatic N) is 1. The van der Waals surface area contributed by atoms with Crippen molar-refractivity contribution in [2.75, 3.05) is 50.7 Å². The predicted octanol–water partition coefficient (Wildman–Crippen LogP) is 8.29. The summed E-state index contributed by atoms with van der Waals surface area (Å²) in [5.41, 5.74) is 0.803. The molecule has 0 spiro atoms. The summed E-state index contributed by atoms with van der Waals surface area (Å²) in [6.45, 7) is 12.9. The van der Waals surface area contributed by atoms with Crippen LogP contribution in [-0.2, 0) is 15.7 Å². The van der Waals surface area contributed by atoms with E-state index in [1.807, 2.05) is 0 Å². The molecule has 0 aliphatic carbocycles. The second kappa shape index (κ2) is 13.9. The number of hydrogen-bond donors (Lipinski definition) is 2. The third-order valence-corrected chi connectivity index (χ3v) is 11.7. The van der Waals surface area contributed by atoms with Crippen LogP contribution in [0.2, 0.25) is 0 Å². The van der Waals surface area contributed by atoms with E-state index in [2.05, 4.69) is 55.1 Å². The van der Waals surface area contributed by atoms with E-state index in [0.717, 1.165) is 19.4 Å². The maximum atomic E-state index is 15.8. The molecule has 2 unspecified atom stereocenters. The summed E-state index contributed by atoms with van der Waals surface area (Å²) < 4.78 is 81.9. The molecule has 0 radical (unpaired) electrons. The first kappa shape index (κ1) is 36.5. The van der Waals surface area contributed by atoms with Gasteiger partial charge >= 0.3 is 6.18 Å². The molecule has 12 heteroatoms. The molecule has 6 nitrogen and oxygen atoms in total. The van der Waals surface area contributed by atoms with Crippen molar-refractivity contribution < 1.29 is 31.6 Å². The summed E-state index contributed by atoms with van der Waals surface area (Å²) in [6.07, 6.45) is -4.44. The number of fused-ring (bicyclic) bond motifs is 1. The molecule has 5 rings (SSSR count). The molecule has 2 aliphatic heterocycles. The standard InChI is InChI=1S/C36H46F4N3O3PS/c1-34(2)19-23(20-35(3,4)46-34)43-17-15-28(27(37)22-43)42-30-11-8-10-25-26(21-36(38,39)40)32(48-33(25)30)12-9-16-41-29-14-13-24(47(6,7)44)18-31(29)45-5/h8,10-11,13-14,18,23,27-28,41-42H,15-17,19-22H2,1-7H3. The van der Waals surface area contributed by atoms with Crippen LogP contribution >= 0.6 is 18.5 Å². The average molecular weight is 708 g/mol. The Bertz CT molecular complexity index is 1720. The van der Waals surface area contributed by atoms with E-state index in [0.29, 0.717) is 50.4 Å². The maximum Gasteiger partial charge on any atom is 0.393 e. The Kier molecular flexibility index (Phi) is 10.5. The predicted molar refractivity (Wildman–Crippen MR) is 190 cm³/mol. The van der Waals surface area contributed by atoms with Gasteiger partial charge in [-0.3, -0.25) is 4.90 Å². The Hall–Kier alpha value is -2.77. The van der Waals surface area contributed by atoms with Crippen molar-refractivity contribution in [2.24, 2.45) is 0 Å². The second-order valence-electron chi connectivity index (χ2n) is 14.5. The Morgan fingerprint density at radius 1 is 1.10 bits per heavy atom. The van der Waals surface area contributed by atoms with Gasteiger partial charge in [0.1, 0.15) is 19.1 Å². The summed E-state index contributed by atoms with van der Waals surface area (Å²) in [5, 5.41) is 7.66. The molecule has 0 amide bonds. The number of methoxy groups -OCH3 is 1. The number of likely N-dealkylation sites (tertiary alicyclic amines) is 1. The van der Waals surface area contributed by atoms with Gasteiger partial charge < -0.3 is 24.7 Å². The zero-order chi connectivity index (χ0) is 35.1. The number of piperidine rings is 1. The van der Waals surface area contributed by atoms with Gasteiger partial charge in [-0.1, -0.05) is 24.0 Å². The first-order valence-electron chi connectivity index (χ1n) is 16.3. The normalized spacial score (nSPS) is 21.8.